The Bertz CT molecular complexity index is 981. The first-order valence-corrected chi connectivity index (χ1v) is 12.4. The Morgan fingerprint density at radius 3 is 2.43 bits per heavy atom. The molecule has 9 heteroatoms. The topological polar surface area (TPSA) is 95.6 Å². The van der Waals surface area contributed by atoms with Crippen LogP contribution in [0.15, 0.2) is 46.7 Å². The number of carbonyl (C=O) groups is 2. The molecule has 0 aliphatic carbocycles. The van der Waals surface area contributed by atoms with Gasteiger partial charge in [-0.25, -0.2) is 8.42 Å². The molecule has 0 radical (unpaired) electrons. The van der Waals surface area contributed by atoms with E-state index in [0.29, 0.717) is 23.7 Å². The summed E-state index contributed by atoms with van der Waals surface area (Å²) in [4.78, 5) is 25.9. The molecule has 2 amide bonds. The second-order valence-electron chi connectivity index (χ2n) is 7.65. The molecule has 30 heavy (non-hydrogen) atoms. The molecule has 1 saturated heterocycles. The number of nitrogens with zero attached hydrogens (tertiary/aromatic N) is 1. The van der Waals surface area contributed by atoms with Crippen molar-refractivity contribution in [1.82, 2.24) is 9.62 Å². The number of benzene rings is 1. The van der Waals surface area contributed by atoms with Crippen LogP contribution in [-0.4, -0.2) is 43.7 Å². The zero-order chi connectivity index (χ0) is 21.7. The third-order valence-electron chi connectivity index (χ3n) is 5.04. The Morgan fingerprint density at radius 2 is 1.80 bits per heavy atom. The highest BCUT2D eigenvalue weighted by atomic mass is 32.2. The minimum atomic E-state index is -3.59. The first-order chi connectivity index (χ1) is 14.3. The monoisotopic (exact) mass is 449 g/mol. The summed E-state index contributed by atoms with van der Waals surface area (Å²) in [6.07, 6.45) is 2.75. The van der Waals surface area contributed by atoms with Crippen molar-refractivity contribution in [1.29, 1.82) is 0 Å². The third-order valence-corrected chi connectivity index (χ3v) is 7.80. The molecular weight excluding hydrogens is 422 g/mol. The summed E-state index contributed by atoms with van der Waals surface area (Å²) >= 11 is 1.30. The number of anilines is 1. The molecule has 0 unspecified atom stereocenters. The molecule has 1 aliphatic rings. The molecule has 162 valence electrons. The lowest BCUT2D eigenvalue weighted by Crippen LogP contribution is -2.47. The van der Waals surface area contributed by atoms with E-state index in [9.17, 15) is 18.0 Å². The molecule has 2 N–H and O–H groups in total. The highest BCUT2D eigenvalue weighted by Gasteiger charge is 2.28. The van der Waals surface area contributed by atoms with Crippen LogP contribution in [0.1, 0.15) is 42.8 Å². The Kier molecular flexibility index (Phi) is 7.27. The van der Waals surface area contributed by atoms with E-state index < -0.39 is 16.1 Å². The van der Waals surface area contributed by atoms with Gasteiger partial charge >= 0.3 is 0 Å². The number of carbonyl (C=O) groups excluding carboxylic acids is 2. The van der Waals surface area contributed by atoms with Crippen molar-refractivity contribution < 1.29 is 18.0 Å². The summed E-state index contributed by atoms with van der Waals surface area (Å²) in [5.41, 5.74) is 0.383. The zero-order valence-electron chi connectivity index (χ0n) is 17.1. The average Bonchev–Trinajstić information content (AvgIpc) is 3.27. The van der Waals surface area contributed by atoms with Gasteiger partial charge in [0.05, 0.1) is 9.77 Å². The number of thiophene rings is 1. The molecule has 1 atom stereocenters. The Labute approximate surface area is 181 Å². The Hall–Kier alpha value is -2.23. The standard InChI is InChI=1S/C21H27N3O4S2/c1-15(2)19(23-20(25)18-10-7-13-29-18)21(26)22-16-8-6-9-17(14-16)30(27,28)24-11-4-3-5-12-24/h6-10,13-15,19H,3-5,11-12H2,1-2H3,(H,22,26)(H,23,25)/t19-/m0/s1. The van der Waals surface area contributed by atoms with Gasteiger partial charge in [0.15, 0.2) is 0 Å². The van der Waals surface area contributed by atoms with Gasteiger partial charge in [-0.05, 0) is 48.4 Å². The van der Waals surface area contributed by atoms with Gasteiger partial charge in [-0.1, -0.05) is 32.4 Å². The van der Waals surface area contributed by atoms with E-state index in [1.807, 2.05) is 13.8 Å². The molecule has 1 aromatic carbocycles. The van der Waals surface area contributed by atoms with E-state index >= 15 is 0 Å². The molecule has 1 fully saturated rings. The summed E-state index contributed by atoms with van der Waals surface area (Å²) in [5.74, 6) is -0.836. The normalized spacial score (nSPS) is 16.2. The lowest BCUT2D eigenvalue weighted by Gasteiger charge is -2.26. The van der Waals surface area contributed by atoms with Crippen LogP contribution < -0.4 is 10.6 Å². The fourth-order valence-corrected chi connectivity index (χ4v) is 5.55. The quantitative estimate of drug-likeness (QED) is 0.678. The zero-order valence-corrected chi connectivity index (χ0v) is 18.8. The number of rotatable bonds is 7. The number of nitrogens with one attached hydrogen (secondary N) is 2. The smallest absolute Gasteiger partial charge is 0.262 e. The fraction of sp³-hybridized carbons (Fsp3) is 0.429. The number of hydrogen-bond donors (Lipinski definition) is 2. The predicted octanol–water partition coefficient (Wildman–Crippen LogP) is 3.32. The Balaban J connectivity index is 1.73. The van der Waals surface area contributed by atoms with Crippen molar-refractivity contribution in [3.05, 3.63) is 46.7 Å². The first kappa shape index (κ1) is 22.5. The lowest BCUT2D eigenvalue weighted by molar-refractivity contribution is -0.118. The van der Waals surface area contributed by atoms with Crippen LogP contribution in [0.4, 0.5) is 5.69 Å². The van der Waals surface area contributed by atoms with Crippen LogP contribution in [0.5, 0.6) is 0 Å². The predicted molar refractivity (Wildman–Crippen MR) is 118 cm³/mol. The van der Waals surface area contributed by atoms with Crippen LogP contribution >= 0.6 is 11.3 Å². The van der Waals surface area contributed by atoms with E-state index in [4.69, 9.17) is 0 Å². The van der Waals surface area contributed by atoms with Gasteiger partial charge in [-0.15, -0.1) is 11.3 Å². The molecule has 0 spiro atoms. The SMILES string of the molecule is CC(C)[C@H](NC(=O)c1cccs1)C(=O)Nc1cccc(S(=O)(=O)N2CCCCC2)c1. The summed E-state index contributed by atoms with van der Waals surface area (Å²) in [7, 11) is -3.59. The molecule has 0 saturated carbocycles. The summed E-state index contributed by atoms with van der Waals surface area (Å²) in [5, 5.41) is 7.32. The Morgan fingerprint density at radius 1 is 1.07 bits per heavy atom. The molecule has 2 aromatic rings. The van der Waals surface area contributed by atoms with Crippen LogP contribution in [-0.2, 0) is 14.8 Å². The van der Waals surface area contributed by atoms with Gasteiger partial charge in [-0.3, -0.25) is 9.59 Å². The summed E-state index contributed by atoms with van der Waals surface area (Å²) in [6, 6.07) is 9.00. The maximum atomic E-state index is 12.9. The van der Waals surface area contributed by atoms with Crippen LogP contribution in [0.3, 0.4) is 0 Å². The second-order valence-corrected chi connectivity index (χ2v) is 10.5. The highest BCUT2D eigenvalue weighted by molar-refractivity contribution is 7.89. The van der Waals surface area contributed by atoms with Gasteiger partial charge < -0.3 is 10.6 Å². The average molecular weight is 450 g/mol. The highest BCUT2D eigenvalue weighted by Crippen LogP contribution is 2.23. The first-order valence-electron chi connectivity index (χ1n) is 10.0. The van der Waals surface area contributed by atoms with E-state index in [1.54, 1.807) is 29.6 Å². The van der Waals surface area contributed by atoms with Crippen molar-refractivity contribution in [2.45, 2.75) is 44.0 Å². The van der Waals surface area contributed by atoms with E-state index in [-0.39, 0.29) is 22.6 Å². The van der Waals surface area contributed by atoms with E-state index in [1.165, 1.54) is 27.8 Å². The molecule has 1 aromatic heterocycles. The van der Waals surface area contributed by atoms with Crippen molar-refractivity contribution in [2.75, 3.05) is 18.4 Å². The van der Waals surface area contributed by atoms with Crippen molar-refractivity contribution >= 4 is 38.9 Å². The number of sulfonamides is 1. The van der Waals surface area contributed by atoms with Gasteiger partial charge in [0.1, 0.15) is 6.04 Å². The van der Waals surface area contributed by atoms with Crippen LogP contribution in [0.25, 0.3) is 0 Å². The molecule has 0 bridgehead atoms. The molecular formula is C21H27N3O4S2. The minimum absolute atomic E-state index is 0.144. The minimum Gasteiger partial charge on any atom is -0.339 e. The maximum absolute atomic E-state index is 12.9. The molecule has 7 nitrogen and oxygen atoms in total. The van der Waals surface area contributed by atoms with Crippen molar-refractivity contribution in [3.8, 4) is 0 Å². The van der Waals surface area contributed by atoms with Crippen molar-refractivity contribution in [2.24, 2.45) is 5.92 Å². The maximum Gasteiger partial charge on any atom is 0.262 e. The number of piperidine rings is 1. The van der Waals surface area contributed by atoms with Gasteiger partial charge in [0.2, 0.25) is 15.9 Å². The van der Waals surface area contributed by atoms with Crippen LogP contribution in [0, 0.1) is 5.92 Å². The molecule has 3 rings (SSSR count). The fourth-order valence-electron chi connectivity index (χ4n) is 3.36. The van der Waals surface area contributed by atoms with Gasteiger partial charge in [-0.2, -0.15) is 4.31 Å². The second kappa shape index (κ2) is 9.72. The van der Waals surface area contributed by atoms with Gasteiger partial charge in [0.25, 0.3) is 5.91 Å². The third kappa shape index (κ3) is 5.27. The van der Waals surface area contributed by atoms with Crippen molar-refractivity contribution in [3.63, 3.8) is 0 Å². The largest absolute Gasteiger partial charge is 0.339 e. The van der Waals surface area contributed by atoms with E-state index in [2.05, 4.69) is 10.6 Å². The lowest BCUT2D eigenvalue weighted by atomic mass is 10.0. The molecule has 1 aliphatic heterocycles. The summed E-state index contributed by atoms with van der Waals surface area (Å²) in [6.45, 7) is 4.72. The van der Waals surface area contributed by atoms with E-state index in [0.717, 1.165) is 19.3 Å². The summed E-state index contributed by atoms with van der Waals surface area (Å²) < 4.78 is 27.3. The molecule has 2 heterocycles. The number of amides is 2. The van der Waals surface area contributed by atoms with Crippen LogP contribution in [0.2, 0.25) is 0 Å². The number of hydrogen-bond acceptors (Lipinski definition) is 5. The van der Waals surface area contributed by atoms with Gasteiger partial charge in [0, 0.05) is 18.8 Å².